The molecule has 3 nitrogen and oxygen atoms in total. The minimum Gasteiger partial charge on any atom is -0.496 e. The third kappa shape index (κ3) is 3.16. The molecular formula is C21H23FN2O. The molecular weight excluding hydrogens is 315 g/mol. The Bertz CT molecular complexity index is 919. The van der Waals surface area contributed by atoms with Crippen molar-refractivity contribution in [1.29, 1.82) is 0 Å². The maximum absolute atomic E-state index is 13.9. The Balaban J connectivity index is 2.35. The fourth-order valence-corrected chi connectivity index (χ4v) is 3.07. The summed E-state index contributed by atoms with van der Waals surface area (Å²) in [6.45, 7) is 4.34. The van der Waals surface area contributed by atoms with Crippen molar-refractivity contribution >= 4 is 16.6 Å². The lowest BCUT2D eigenvalue weighted by Gasteiger charge is -2.19. The number of rotatable bonds is 4. The highest BCUT2D eigenvalue weighted by Crippen LogP contribution is 2.38. The van der Waals surface area contributed by atoms with Gasteiger partial charge in [-0.15, -0.1) is 0 Å². The van der Waals surface area contributed by atoms with Crippen LogP contribution in [0.25, 0.3) is 21.9 Å². The summed E-state index contributed by atoms with van der Waals surface area (Å²) >= 11 is 0. The van der Waals surface area contributed by atoms with E-state index in [0.717, 1.165) is 22.2 Å². The maximum Gasteiger partial charge on any atom is 0.135 e. The minimum absolute atomic E-state index is 0.292. The number of hydrogen-bond donors (Lipinski definition) is 0. The largest absolute Gasteiger partial charge is 0.496 e. The molecule has 0 atom stereocenters. The molecule has 0 aliphatic carbocycles. The number of benzene rings is 2. The van der Waals surface area contributed by atoms with E-state index in [-0.39, 0.29) is 5.82 Å². The normalized spacial score (nSPS) is 11.2. The van der Waals surface area contributed by atoms with E-state index < -0.39 is 0 Å². The second kappa shape index (κ2) is 6.71. The lowest BCUT2D eigenvalue weighted by molar-refractivity contribution is 0.415. The molecule has 3 aromatic rings. The molecule has 130 valence electrons. The van der Waals surface area contributed by atoms with Crippen LogP contribution >= 0.6 is 0 Å². The molecule has 0 saturated heterocycles. The smallest absolute Gasteiger partial charge is 0.135 e. The zero-order valence-corrected chi connectivity index (χ0v) is 15.3. The van der Waals surface area contributed by atoms with Gasteiger partial charge in [-0.3, -0.25) is 0 Å². The van der Waals surface area contributed by atoms with Crippen LogP contribution in [0.1, 0.15) is 25.3 Å². The zero-order chi connectivity index (χ0) is 18.1. The van der Waals surface area contributed by atoms with Gasteiger partial charge in [0.05, 0.1) is 7.11 Å². The molecule has 0 saturated carbocycles. The summed E-state index contributed by atoms with van der Waals surface area (Å²) in [5.74, 6) is 1.66. The molecule has 0 bridgehead atoms. The molecule has 0 N–H and O–H groups in total. The summed E-state index contributed by atoms with van der Waals surface area (Å²) in [6.07, 6.45) is 1.80. The first-order valence-corrected chi connectivity index (χ1v) is 8.36. The van der Waals surface area contributed by atoms with Gasteiger partial charge in [-0.25, -0.2) is 9.37 Å². The Hall–Kier alpha value is -2.62. The van der Waals surface area contributed by atoms with Crippen LogP contribution in [-0.2, 0) is 0 Å². The lowest BCUT2D eigenvalue weighted by Crippen LogP contribution is -2.11. The standard InChI is InChI=1S/C21H23FN2O/c1-13(2)14-6-8-16-18(10-14)21(24(3)4)23-12-19(16)17-11-15(22)7-9-20(17)25-5/h6-13H,1-5H3. The van der Waals surface area contributed by atoms with Gasteiger partial charge in [-0.2, -0.15) is 0 Å². The maximum atomic E-state index is 13.9. The summed E-state index contributed by atoms with van der Waals surface area (Å²) in [4.78, 5) is 6.64. The predicted octanol–water partition coefficient (Wildman–Crippen LogP) is 5.24. The molecule has 25 heavy (non-hydrogen) atoms. The van der Waals surface area contributed by atoms with Crippen LogP contribution in [0.4, 0.5) is 10.2 Å². The van der Waals surface area contributed by atoms with Crippen LogP contribution < -0.4 is 9.64 Å². The first kappa shape index (κ1) is 17.2. The molecule has 4 heteroatoms. The Kier molecular flexibility index (Phi) is 4.62. The van der Waals surface area contributed by atoms with Crippen molar-refractivity contribution in [2.45, 2.75) is 19.8 Å². The van der Waals surface area contributed by atoms with E-state index in [9.17, 15) is 4.39 Å². The van der Waals surface area contributed by atoms with Gasteiger partial charge in [-0.05, 0) is 41.1 Å². The predicted molar refractivity (Wildman–Crippen MR) is 102 cm³/mol. The second-order valence-corrected chi connectivity index (χ2v) is 6.69. The van der Waals surface area contributed by atoms with Gasteiger partial charge in [0.15, 0.2) is 0 Å². The third-order valence-corrected chi connectivity index (χ3v) is 4.43. The minimum atomic E-state index is -0.292. The molecule has 0 unspecified atom stereocenters. The molecule has 0 aliphatic heterocycles. The van der Waals surface area contributed by atoms with Crippen molar-refractivity contribution < 1.29 is 9.13 Å². The van der Waals surface area contributed by atoms with Gasteiger partial charge < -0.3 is 9.64 Å². The first-order valence-electron chi connectivity index (χ1n) is 8.36. The van der Waals surface area contributed by atoms with Crippen LogP contribution in [-0.4, -0.2) is 26.2 Å². The van der Waals surface area contributed by atoms with Crippen molar-refractivity contribution in [2.75, 3.05) is 26.1 Å². The van der Waals surface area contributed by atoms with Crippen molar-refractivity contribution in [2.24, 2.45) is 0 Å². The highest BCUT2D eigenvalue weighted by atomic mass is 19.1. The molecule has 0 aliphatic rings. The van der Waals surface area contributed by atoms with E-state index in [1.54, 1.807) is 19.4 Å². The average molecular weight is 338 g/mol. The summed E-state index contributed by atoms with van der Waals surface area (Å²) in [6, 6.07) is 11.0. The second-order valence-electron chi connectivity index (χ2n) is 6.69. The Morgan fingerprint density at radius 1 is 1.00 bits per heavy atom. The number of halogens is 1. The SMILES string of the molecule is COc1ccc(F)cc1-c1cnc(N(C)C)c2cc(C(C)C)ccc12. The number of hydrogen-bond acceptors (Lipinski definition) is 3. The molecule has 1 heterocycles. The molecule has 0 spiro atoms. The van der Waals surface area contributed by atoms with Gasteiger partial charge in [-0.1, -0.05) is 26.0 Å². The van der Waals surface area contributed by atoms with Gasteiger partial charge in [0.2, 0.25) is 0 Å². The molecule has 0 amide bonds. The van der Waals surface area contributed by atoms with E-state index >= 15 is 0 Å². The van der Waals surface area contributed by atoms with Crippen LogP contribution in [0, 0.1) is 5.82 Å². The number of fused-ring (bicyclic) bond motifs is 1. The van der Waals surface area contributed by atoms with Gasteiger partial charge in [0, 0.05) is 36.8 Å². The van der Waals surface area contributed by atoms with Crippen LogP contribution in [0.15, 0.2) is 42.6 Å². The number of nitrogens with zero attached hydrogens (tertiary/aromatic N) is 2. The van der Waals surface area contributed by atoms with Crippen molar-refractivity contribution in [3.8, 4) is 16.9 Å². The van der Waals surface area contributed by atoms with Crippen molar-refractivity contribution in [3.63, 3.8) is 0 Å². The van der Waals surface area contributed by atoms with E-state index in [1.807, 2.05) is 19.0 Å². The monoisotopic (exact) mass is 338 g/mol. The molecule has 0 radical (unpaired) electrons. The van der Waals surface area contributed by atoms with Gasteiger partial charge in [0.25, 0.3) is 0 Å². The van der Waals surface area contributed by atoms with E-state index in [1.165, 1.54) is 17.7 Å². The number of anilines is 1. The Labute approximate surface area is 148 Å². The molecule has 1 aromatic heterocycles. The highest BCUT2D eigenvalue weighted by molar-refractivity contribution is 6.03. The van der Waals surface area contributed by atoms with E-state index in [2.05, 4.69) is 37.0 Å². The zero-order valence-electron chi connectivity index (χ0n) is 15.3. The van der Waals surface area contributed by atoms with Crippen molar-refractivity contribution in [3.05, 3.63) is 54.0 Å². The number of aromatic nitrogens is 1. The average Bonchev–Trinajstić information content (AvgIpc) is 2.59. The third-order valence-electron chi connectivity index (χ3n) is 4.43. The van der Waals surface area contributed by atoms with Crippen LogP contribution in [0.3, 0.4) is 0 Å². The van der Waals surface area contributed by atoms with E-state index in [4.69, 9.17) is 4.74 Å². The van der Waals surface area contributed by atoms with Gasteiger partial charge in [0.1, 0.15) is 17.4 Å². The Morgan fingerprint density at radius 2 is 1.76 bits per heavy atom. The summed E-state index contributed by atoms with van der Waals surface area (Å²) < 4.78 is 19.3. The highest BCUT2D eigenvalue weighted by Gasteiger charge is 2.15. The number of ether oxygens (including phenoxy) is 1. The van der Waals surface area contributed by atoms with E-state index in [0.29, 0.717) is 17.2 Å². The lowest BCUT2D eigenvalue weighted by atomic mass is 9.95. The topological polar surface area (TPSA) is 25.4 Å². The molecule has 0 fully saturated rings. The van der Waals surface area contributed by atoms with Gasteiger partial charge >= 0.3 is 0 Å². The summed E-state index contributed by atoms with van der Waals surface area (Å²) in [7, 11) is 5.55. The first-order chi connectivity index (χ1) is 11.9. The summed E-state index contributed by atoms with van der Waals surface area (Å²) in [5, 5.41) is 2.09. The quantitative estimate of drug-likeness (QED) is 0.650. The summed E-state index contributed by atoms with van der Waals surface area (Å²) in [5.41, 5.74) is 2.83. The fraction of sp³-hybridized carbons (Fsp3) is 0.286. The number of methoxy groups -OCH3 is 1. The van der Waals surface area contributed by atoms with Crippen LogP contribution in [0.5, 0.6) is 5.75 Å². The number of pyridine rings is 1. The Morgan fingerprint density at radius 3 is 2.40 bits per heavy atom. The molecule has 3 rings (SSSR count). The van der Waals surface area contributed by atoms with Crippen molar-refractivity contribution in [1.82, 2.24) is 4.98 Å². The fourth-order valence-electron chi connectivity index (χ4n) is 3.07. The molecule has 2 aromatic carbocycles. The van der Waals surface area contributed by atoms with Crippen LogP contribution in [0.2, 0.25) is 0 Å².